The van der Waals surface area contributed by atoms with Gasteiger partial charge in [-0.1, -0.05) is 6.07 Å². The summed E-state index contributed by atoms with van der Waals surface area (Å²) in [6, 6.07) is 8.54. The van der Waals surface area contributed by atoms with Crippen LogP contribution < -0.4 is 10.6 Å². The maximum absolute atomic E-state index is 12.0. The lowest BCUT2D eigenvalue weighted by Crippen LogP contribution is -2.44. The van der Waals surface area contributed by atoms with Crippen LogP contribution in [0.3, 0.4) is 0 Å². The predicted molar refractivity (Wildman–Crippen MR) is 89.8 cm³/mol. The van der Waals surface area contributed by atoms with Crippen molar-refractivity contribution in [2.75, 3.05) is 0 Å². The van der Waals surface area contributed by atoms with Gasteiger partial charge in [-0.3, -0.25) is 14.6 Å². The molecule has 1 atom stereocenters. The second-order valence-corrected chi connectivity index (χ2v) is 7.25. The molecule has 2 aromatic heterocycles. The standard InChI is InChI=1S/C15H16BrN3O2S/c1-9-4-3-5-11(18-9)8-17-14(20)10(2)19-15(21)12-6-7-13(16)22-12/h3-7,10H,8H2,1-2H3,(H,17,20)(H,19,21). The summed E-state index contributed by atoms with van der Waals surface area (Å²) >= 11 is 4.63. The van der Waals surface area contributed by atoms with E-state index in [1.807, 2.05) is 25.1 Å². The molecule has 0 saturated heterocycles. The van der Waals surface area contributed by atoms with Crippen LogP contribution >= 0.6 is 27.3 Å². The molecule has 2 rings (SSSR count). The number of pyridine rings is 1. The van der Waals surface area contributed by atoms with E-state index < -0.39 is 6.04 Å². The minimum Gasteiger partial charge on any atom is -0.349 e. The molecule has 0 saturated carbocycles. The van der Waals surface area contributed by atoms with Crippen LogP contribution in [-0.2, 0) is 11.3 Å². The van der Waals surface area contributed by atoms with Crippen molar-refractivity contribution in [1.29, 1.82) is 0 Å². The number of rotatable bonds is 5. The molecule has 0 bridgehead atoms. The number of carbonyl (C=O) groups is 2. The number of hydrogen-bond acceptors (Lipinski definition) is 4. The molecule has 0 aromatic carbocycles. The van der Waals surface area contributed by atoms with Gasteiger partial charge in [-0.2, -0.15) is 0 Å². The van der Waals surface area contributed by atoms with Crippen molar-refractivity contribution in [2.24, 2.45) is 0 Å². The smallest absolute Gasteiger partial charge is 0.262 e. The van der Waals surface area contributed by atoms with Crippen LogP contribution in [0.2, 0.25) is 0 Å². The van der Waals surface area contributed by atoms with Crippen molar-refractivity contribution in [2.45, 2.75) is 26.4 Å². The van der Waals surface area contributed by atoms with E-state index in [0.29, 0.717) is 11.4 Å². The average Bonchev–Trinajstić information content (AvgIpc) is 2.91. The lowest BCUT2D eigenvalue weighted by Gasteiger charge is -2.13. The van der Waals surface area contributed by atoms with Gasteiger partial charge in [0, 0.05) is 5.69 Å². The minimum absolute atomic E-state index is 0.243. The number of amides is 2. The third-order valence-electron chi connectivity index (χ3n) is 2.93. The third kappa shape index (κ3) is 4.64. The number of nitrogens with zero attached hydrogens (tertiary/aromatic N) is 1. The fraction of sp³-hybridized carbons (Fsp3) is 0.267. The molecular weight excluding hydrogens is 366 g/mol. The minimum atomic E-state index is -0.613. The molecule has 7 heteroatoms. The van der Waals surface area contributed by atoms with Crippen molar-refractivity contribution < 1.29 is 9.59 Å². The summed E-state index contributed by atoms with van der Waals surface area (Å²) in [5, 5.41) is 5.44. The van der Waals surface area contributed by atoms with E-state index in [-0.39, 0.29) is 11.8 Å². The maximum atomic E-state index is 12.0. The number of halogens is 1. The number of aryl methyl sites for hydroxylation is 1. The van der Waals surface area contributed by atoms with Crippen LogP contribution in [0, 0.1) is 6.92 Å². The second kappa shape index (κ2) is 7.51. The summed E-state index contributed by atoms with van der Waals surface area (Å²) in [6.07, 6.45) is 0. The van der Waals surface area contributed by atoms with Crippen molar-refractivity contribution >= 4 is 39.1 Å². The Morgan fingerprint density at radius 1 is 1.32 bits per heavy atom. The second-order valence-electron chi connectivity index (χ2n) is 4.79. The van der Waals surface area contributed by atoms with Gasteiger partial charge in [0.1, 0.15) is 6.04 Å². The molecule has 2 aromatic rings. The Bertz CT molecular complexity index is 687. The first-order valence-corrected chi connectivity index (χ1v) is 8.33. The first kappa shape index (κ1) is 16.6. The van der Waals surface area contributed by atoms with Crippen LogP contribution in [0.25, 0.3) is 0 Å². The molecule has 5 nitrogen and oxygen atoms in total. The predicted octanol–water partition coefficient (Wildman–Crippen LogP) is 2.65. The zero-order valence-corrected chi connectivity index (χ0v) is 14.6. The molecule has 0 spiro atoms. The topological polar surface area (TPSA) is 71.1 Å². The highest BCUT2D eigenvalue weighted by atomic mass is 79.9. The van der Waals surface area contributed by atoms with Crippen LogP contribution in [0.5, 0.6) is 0 Å². The van der Waals surface area contributed by atoms with E-state index in [1.165, 1.54) is 11.3 Å². The fourth-order valence-corrected chi connectivity index (χ4v) is 3.09. The van der Waals surface area contributed by atoms with E-state index in [4.69, 9.17) is 0 Å². The van der Waals surface area contributed by atoms with Gasteiger partial charge in [0.05, 0.1) is 20.9 Å². The fourth-order valence-electron chi connectivity index (χ4n) is 1.80. The van der Waals surface area contributed by atoms with Gasteiger partial charge in [-0.05, 0) is 54.0 Å². The monoisotopic (exact) mass is 381 g/mol. The first-order chi connectivity index (χ1) is 10.5. The molecule has 1 unspecified atom stereocenters. The molecular formula is C15H16BrN3O2S. The Kier molecular flexibility index (Phi) is 5.68. The number of thiophene rings is 1. The van der Waals surface area contributed by atoms with Gasteiger partial charge < -0.3 is 10.6 Å². The summed E-state index contributed by atoms with van der Waals surface area (Å²) < 4.78 is 0.875. The quantitative estimate of drug-likeness (QED) is 0.835. The highest BCUT2D eigenvalue weighted by Gasteiger charge is 2.17. The highest BCUT2D eigenvalue weighted by molar-refractivity contribution is 9.11. The Balaban J connectivity index is 1.85. The van der Waals surface area contributed by atoms with Crippen LogP contribution in [0.4, 0.5) is 0 Å². The highest BCUT2D eigenvalue weighted by Crippen LogP contribution is 2.21. The molecule has 0 aliphatic heterocycles. The van der Waals surface area contributed by atoms with Crippen molar-refractivity contribution in [3.8, 4) is 0 Å². The Hall–Kier alpha value is -1.73. The Morgan fingerprint density at radius 2 is 2.09 bits per heavy atom. The average molecular weight is 382 g/mol. The van der Waals surface area contributed by atoms with E-state index in [2.05, 4.69) is 31.5 Å². The van der Waals surface area contributed by atoms with E-state index in [9.17, 15) is 9.59 Å². The van der Waals surface area contributed by atoms with Gasteiger partial charge in [0.2, 0.25) is 5.91 Å². The summed E-state index contributed by atoms with van der Waals surface area (Å²) in [7, 11) is 0. The maximum Gasteiger partial charge on any atom is 0.262 e. The van der Waals surface area contributed by atoms with Crippen molar-refractivity contribution in [3.05, 3.63) is 50.4 Å². The summed E-state index contributed by atoms with van der Waals surface area (Å²) in [5.74, 6) is -0.501. The first-order valence-electron chi connectivity index (χ1n) is 6.72. The number of aromatic nitrogens is 1. The third-order valence-corrected chi connectivity index (χ3v) is 4.55. The van der Waals surface area contributed by atoms with E-state index in [0.717, 1.165) is 15.2 Å². The molecule has 0 aliphatic carbocycles. The summed E-state index contributed by atoms with van der Waals surface area (Å²) in [6.45, 7) is 3.89. The summed E-state index contributed by atoms with van der Waals surface area (Å²) in [4.78, 5) is 28.9. The molecule has 0 fully saturated rings. The van der Waals surface area contributed by atoms with E-state index in [1.54, 1.807) is 19.1 Å². The van der Waals surface area contributed by atoms with Crippen LogP contribution in [-0.4, -0.2) is 22.8 Å². The van der Waals surface area contributed by atoms with Gasteiger partial charge >= 0.3 is 0 Å². The Morgan fingerprint density at radius 3 is 2.73 bits per heavy atom. The van der Waals surface area contributed by atoms with Gasteiger partial charge in [0.15, 0.2) is 0 Å². The number of hydrogen-bond donors (Lipinski definition) is 2. The normalized spacial score (nSPS) is 11.8. The van der Waals surface area contributed by atoms with Gasteiger partial charge in [-0.15, -0.1) is 11.3 Å². The number of carbonyl (C=O) groups excluding carboxylic acids is 2. The molecule has 116 valence electrons. The molecule has 22 heavy (non-hydrogen) atoms. The van der Waals surface area contributed by atoms with Crippen molar-refractivity contribution in [3.63, 3.8) is 0 Å². The van der Waals surface area contributed by atoms with Crippen LogP contribution in [0.15, 0.2) is 34.1 Å². The molecule has 0 radical (unpaired) electrons. The number of nitrogens with one attached hydrogen (secondary N) is 2. The lowest BCUT2D eigenvalue weighted by atomic mass is 10.2. The zero-order valence-electron chi connectivity index (χ0n) is 12.2. The Labute approximate surface area is 141 Å². The molecule has 0 aliphatic rings. The largest absolute Gasteiger partial charge is 0.349 e. The van der Waals surface area contributed by atoms with Gasteiger partial charge in [-0.25, -0.2) is 0 Å². The summed E-state index contributed by atoms with van der Waals surface area (Å²) in [5.41, 5.74) is 1.69. The molecule has 2 heterocycles. The van der Waals surface area contributed by atoms with Crippen LogP contribution in [0.1, 0.15) is 28.0 Å². The van der Waals surface area contributed by atoms with Gasteiger partial charge in [0.25, 0.3) is 5.91 Å². The molecule has 2 N–H and O–H groups in total. The van der Waals surface area contributed by atoms with E-state index >= 15 is 0 Å². The zero-order chi connectivity index (χ0) is 16.1. The lowest BCUT2D eigenvalue weighted by molar-refractivity contribution is -0.122. The molecule has 2 amide bonds. The van der Waals surface area contributed by atoms with Crippen molar-refractivity contribution in [1.82, 2.24) is 15.6 Å². The SMILES string of the molecule is Cc1cccc(CNC(=O)C(C)NC(=O)c2ccc(Br)s2)n1.